The van der Waals surface area contributed by atoms with Gasteiger partial charge >= 0.3 is 0 Å². The summed E-state index contributed by atoms with van der Waals surface area (Å²) in [4.78, 5) is 11.7. The van der Waals surface area contributed by atoms with E-state index in [4.69, 9.17) is 4.43 Å². The van der Waals surface area contributed by atoms with Crippen LogP contribution in [-0.4, -0.2) is 20.7 Å². The maximum absolute atomic E-state index is 11.7. The van der Waals surface area contributed by atoms with E-state index < -0.39 is 8.32 Å². The zero-order valence-electron chi connectivity index (χ0n) is 15.8. The molecule has 27 heavy (non-hydrogen) atoms. The molecule has 0 bridgehead atoms. The van der Waals surface area contributed by atoms with Crippen LogP contribution >= 0.6 is 0 Å². The molecule has 138 valence electrons. The Kier molecular flexibility index (Phi) is 6.74. The number of rotatable bonds is 9. The van der Waals surface area contributed by atoms with Gasteiger partial charge in [0.15, 0.2) is 0 Å². The minimum atomic E-state index is -2.62. The molecule has 0 unspecified atom stereocenters. The van der Waals surface area contributed by atoms with E-state index in [1.807, 2.05) is 25.1 Å². The predicted octanol–water partition coefficient (Wildman–Crippen LogP) is 3.43. The molecule has 0 aromatic heterocycles. The van der Waals surface area contributed by atoms with Crippen LogP contribution in [0, 0.1) is 0 Å². The number of ketones is 1. The first-order chi connectivity index (χ1) is 13.3. The largest absolute Gasteiger partial charge is 0.404 e. The molecule has 0 N–H and O–H groups in total. The van der Waals surface area contributed by atoms with Gasteiger partial charge in [0.1, 0.15) is 5.78 Å². The normalized spacial score (nSPS) is 11.3. The number of benzene rings is 3. The molecule has 3 heteroatoms. The second-order valence-electron chi connectivity index (χ2n) is 6.62. The topological polar surface area (TPSA) is 26.3 Å². The average Bonchev–Trinajstić information content (AvgIpc) is 2.75. The van der Waals surface area contributed by atoms with E-state index in [9.17, 15) is 4.79 Å². The maximum atomic E-state index is 11.7. The Morgan fingerprint density at radius 1 is 0.741 bits per heavy atom. The molecule has 0 atom stereocenters. The molecule has 0 amide bonds. The first-order valence-electron chi connectivity index (χ1n) is 9.59. The smallest absolute Gasteiger partial charge is 0.288 e. The third-order valence-electron chi connectivity index (χ3n) is 4.85. The highest BCUT2D eigenvalue weighted by Crippen LogP contribution is 2.11. The molecule has 0 heterocycles. The van der Waals surface area contributed by atoms with E-state index in [1.54, 1.807) is 0 Å². The van der Waals surface area contributed by atoms with Gasteiger partial charge in [-0.25, -0.2) is 0 Å². The summed E-state index contributed by atoms with van der Waals surface area (Å²) in [5.41, 5.74) is 0. The van der Waals surface area contributed by atoms with Crippen LogP contribution in [0.15, 0.2) is 91.0 Å². The fraction of sp³-hybridized carbons (Fsp3) is 0.208. The Labute approximate surface area is 163 Å². The van der Waals surface area contributed by atoms with Crippen LogP contribution in [-0.2, 0) is 9.22 Å². The molecule has 2 nitrogen and oxygen atoms in total. The van der Waals surface area contributed by atoms with Crippen LogP contribution in [0.4, 0.5) is 0 Å². The summed E-state index contributed by atoms with van der Waals surface area (Å²) in [6.07, 6.45) is 1.94. The number of hydrogen-bond acceptors (Lipinski definition) is 2. The first kappa shape index (κ1) is 19.3. The third kappa shape index (κ3) is 4.44. The van der Waals surface area contributed by atoms with Crippen LogP contribution < -0.4 is 15.6 Å². The minimum Gasteiger partial charge on any atom is -0.404 e. The summed E-state index contributed by atoms with van der Waals surface area (Å²) < 4.78 is 6.77. The lowest BCUT2D eigenvalue weighted by atomic mass is 10.2. The van der Waals surface area contributed by atoms with Crippen molar-refractivity contribution in [2.45, 2.75) is 26.2 Å². The molecular weight excluding hydrogens is 348 g/mol. The van der Waals surface area contributed by atoms with E-state index >= 15 is 0 Å². The Morgan fingerprint density at radius 3 is 1.52 bits per heavy atom. The third-order valence-corrected chi connectivity index (χ3v) is 8.93. The second-order valence-corrected chi connectivity index (χ2v) is 10.0. The van der Waals surface area contributed by atoms with Gasteiger partial charge in [-0.05, 0) is 22.0 Å². The molecule has 0 spiro atoms. The summed E-state index contributed by atoms with van der Waals surface area (Å²) in [6.45, 7) is 2.50. The molecule has 0 radical (unpaired) electrons. The Hall–Kier alpha value is -2.49. The van der Waals surface area contributed by atoms with Crippen molar-refractivity contribution in [3.05, 3.63) is 91.0 Å². The molecule has 3 rings (SSSR count). The van der Waals surface area contributed by atoms with Crippen molar-refractivity contribution in [1.29, 1.82) is 0 Å². The molecule has 0 fully saturated rings. The van der Waals surface area contributed by atoms with Crippen LogP contribution in [0.2, 0.25) is 0 Å². The molecule has 0 aliphatic rings. The van der Waals surface area contributed by atoms with Crippen molar-refractivity contribution in [1.82, 2.24) is 0 Å². The SMILES string of the molecule is CCC(=O)CCCO[Si](c1ccccc1)(c1ccccc1)c1ccccc1. The standard InChI is InChI=1S/C24H26O2Si/c1-2-21(25)13-12-20-26-27(22-14-6-3-7-15-22,23-16-8-4-9-17-23)24-18-10-5-11-19-24/h3-11,14-19H,2,12-13,20H2,1H3. The fourth-order valence-electron chi connectivity index (χ4n) is 3.44. The first-order valence-corrected chi connectivity index (χ1v) is 11.5. The van der Waals surface area contributed by atoms with Gasteiger partial charge in [-0.15, -0.1) is 0 Å². The van der Waals surface area contributed by atoms with Crippen LogP contribution in [0.25, 0.3) is 0 Å². The Morgan fingerprint density at radius 2 is 1.15 bits per heavy atom. The molecule has 0 aliphatic heterocycles. The molecule has 3 aromatic carbocycles. The zero-order valence-corrected chi connectivity index (χ0v) is 16.8. The monoisotopic (exact) mass is 374 g/mol. The van der Waals surface area contributed by atoms with Crippen molar-refractivity contribution in [2.75, 3.05) is 6.61 Å². The van der Waals surface area contributed by atoms with Crippen molar-refractivity contribution in [3.63, 3.8) is 0 Å². The van der Waals surface area contributed by atoms with Gasteiger partial charge in [-0.3, -0.25) is 4.79 Å². The van der Waals surface area contributed by atoms with Crippen LogP contribution in [0.1, 0.15) is 26.2 Å². The van der Waals surface area contributed by atoms with Gasteiger partial charge in [-0.1, -0.05) is 97.9 Å². The van der Waals surface area contributed by atoms with Gasteiger partial charge in [0.2, 0.25) is 0 Å². The van der Waals surface area contributed by atoms with Crippen molar-refractivity contribution in [3.8, 4) is 0 Å². The minimum absolute atomic E-state index is 0.296. The highest BCUT2D eigenvalue weighted by molar-refractivity contribution is 7.07. The van der Waals surface area contributed by atoms with E-state index in [0.29, 0.717) is 25.2 Å². The lowest BCUT2D eigenvalue weighted by Crippen LogP contribution is -2.69. The fourth-order valence-corrected chi connectivity index (χ4v) is 7.38. The molecule has 0 saturated heterocycles. The summed E-state index contributed by atoms with van der Waals surface area (Å²) in [7, 11) is -2.62. The van der Waals surface area contributed by atoms with Gasteiger partial charge in [0.25, 0.3) is 8.32 Å². The number of carbonyl (C=O) groups excluding carboxylic acids is 1. The highest BCUT2D eigenvalue weighted by atomic mass is 28.4. The molecular formula is C24H26O2Si. The Balaban J connectivity index is 2.04. The van der Waals surface area contributed by atoms with Gasteiger partial charge < -0.3 is 4.43 Å². The van der Waals surface area contributed by atoms with Crippen LogP contribution in [0.3, 0.4) is 0 Å². The van der Waals surface area contributed by atoms with Crippen molar-refractivity contribution in [2.24, 2.45) is 0 Å². The van der Waals surface area contributed by atoms with E-state index in [0.717, 1.165) is 6.42 Å². The quantitative estimate of drug-likeness (QED) is 0.326. The average molecular weight is 375 g/mol. The van der Waals surface area contributed by atoms with E-state index in [-0.39, 0.29) is 0 Å². The van der Waals surface area contributed by atoms with E-state index in [2.05, 4.69) is 72.8 Å². The van der Waals surface area contributed by atoms with Gasteiger partial charge in [0, 0.05) is 19.4 Å². The highest BCUT2D eigenvalue weighted by Gasteiger charge is 2.41. The second kappa shape index (κ2) is 9.44. The summed E-state index contributed by atoms with van der Waals surface area (Å²) in [5.74, 6) is 0.296. The zero-order chi connectivity index (χ0) is 19.0. The molecule has 3 aromatic rings. The van der Waals surface area contributed by atoms with Gasteiger partial charge in [-0.2, -0.15) is 0 Å². The van der Waals surface area contributed by atoms with Crippen LogP contribution in [0.5, 0.6) is 0 Å². The van der Waals surface area contributed by atoms with E-state index in [1.165, 1.54) is 15.6 Å². The number of Topliss-reactive ketones (excluding diaryl/α,β-unsaturated/α-hetero) is 1. The van der Waals surface area contributed by atoms with Crippen molar-refractivity contribution < 1.29 is 9.22 Å². The predicted molar refractivity (Wildman–Crippen MR) is 114 cm³/mol. The number of hydrogen-bond donors (Lipinski definition) is 0. The summed E-state index contributed by atoms with van der Waals surface area (Å²) >= 11 is 0. The molecule has 0 aliphatic carbocycles. The lowest BCUT2D eigenvalue weighted by Gasteiger charge is -2.33. The summed E-state index contributed by atoms with van der Waals surface area (Å²) in [6, 6.07) is 31.6. The summed E-state index contributed by atoms with van der Waals surface area (Å²) in [5, 5.41) is 3.68. The Bertz CT molecular complexity index is 735. The number of carbonyl (C=O) groups is 1. The maximum Gasteiger partial charge on any atom is 0.288 e. The van der Waals surface area contributed by atoms with Crippen molar-refractivity contribution >= 4 is 29.7 Å². The van der Waals surface area contributed by atoms with Gasteiger partial charge in [0.05, 0.1) is 0 Å². The lowest BCUT2D eigenvalue weighted by molar-refractivity contribution is -0.118. The molecule has 0 saturated carbocycles.